The number of fused-ring (bicyclic) bond motifs is 1. The van der Waals surface area contributed by atoms with Gasteiger partial charge >= 0.3 is 0 Å². The fraction of sp³-hybridized carbons (Fsp3) is 0.259. The summed E-state index contributed by atoms with van der Waals surface area (Å²) in [5, 5.41) is 0. The summed E-state index contributed by atoms with van der Waals surface area (Å²) in [7, 11) is 1.66. The maximum absolute atomic E-state index is 13.4. The van der Waals surface area contributed by atoms with Gasteiger partial charge < -0.3 is 9.29 Å². The van der Waals surface area contributed by atoms with Gasteiger partial charge in [-0.2, -0.15) is 0 Å². The van der Waals surface area contributed by atoms with Gasteiger partial charge in [-0.1, -0.05) is 30.3 Å². The van der Waals surface area contributed by atoms with Crippen LogP contribution < -0.4 is 9.46 Å². The maximum atomic E-state index is 13.4. The number of nitrogens with one attached hydrogen (secondary N) is 1. The van der Waals surface area contributed by atoms with Crippen LogP contribution in [-0.4, -0.2) is 29.8 Å². The highest BCUT2D eigenvalue weighted by atomic mass is 32.2. The van der Waals surface area contributed by atoms with Gasteiger partial charge in [-0.3, -0.25) is 9.59 Å². The topological polar surface area (TPSA) is 78.5 Å². The SMILES string of the molecule is CN[S+]([O-])c1ccc(-c2cccc(CC(=O)C3(c4ccc5c(c4)C(=O)CCO5)CC3)c2)cc1. The molecular weight excluding hydrogens is 434 g/mol. The largest absolute Gasteiger partial charge is 0.593 e. The minimum Gasteiger partial charge on any atom is -0.593 e. The Morgan fingerprint density at radius 1 is 1.06 bits per heavy atom. The molecule has 2 aliphatic rings. The van der Waals surface area contributed by atoms with E-state index in [9.17, 15) is 14.1 Å². The molecule has 6 heteroatoms. The number of carbonyl (C=O) groups is 2. The molecular formula is C27H25NO4S. The average molecular weight is 460 g/mol. The lowest BCUT2D eigenvalue weighted by Crippen LogP contribution is -2.24. The van der Waals surface area contributed by atoms with E-state index in [0.717, 1.165) is 40.0 Å². The molecule has 1 heterocycles. The number of ether oxygens (including phenoxy) is 1. The predicted octanol–water partition coefficient (Wildman–Crippen LogP) is 4.40. The van der Waals surface area contributed by atoms with E-state index in [-0.39, 0.29) is 11.6 Å². The summed E-state index contributed by atoms with van der Waals surface area (Å²) in [5.41, 5.74) is 4.02. The van der Waals surface area contributed by atoms with Crippen molar-refractivity contribution in [2.45, 2.75) is 36.0 Å². The Kier molecular flexibility index (Phi) is 5.83. The second kappa shape index (κ2) is 8.78. The Morgan fingerprint density at radius 3 is 2.58 bits per heavy atom. The third-order valence-electron chi connectivity index (χ3n) is 6.58. The van der Waals surface area contributed by atoms with Crippen LogP contribution in [0.1, 0.15) is 40.7 Å². The first-order valence-electron chi connectivity index (χ1n) is 11.1. The number of rotatable bonds is 7. The summed E-state index contributed by atoms with van der Waals surface area (Å²) in [6.07, 6.45) is 2.35. The van der Waals surface area contributed by atoms with Crippen molar-refractivity contribution in [3.8, 4) is 16.9 Å². The molecule has 0 saturated heterocycles. The van der Waals surface area contributed by atoms with Crippen molar-refractivity contribution in [3.05, 3.63) is 83.4 Å². The summed E-state index contributed by atoms with van der Waals surface area (Å²) >= 11 is -1.22. The lowest BCUT2D eigenvalue weighted by molar-refractivity contribution is -0.120. The molecule has 5 rings (SSSR count). The van der Waals surface area contributed by atoms with Gasteiger partial charge in [0.2, 0.25) is 0 Å². The minimum atomic E-state index is -1.22. The zero-order valence-electron chi connectivity index (χ0n) is 18.4. The molecule has 0 bridgehead atoms. The van der Waals surface area contributed by atoms with Crippen molar-refractivity contribution in [2.24, 2.45) is 0 Å². The van der Waals surface area contributed by atoms with Gasteiger partial charge in [-0.05, 0) is 71.5 Å². The molecule has 1 unspecified atom stereocenters. The minimum absolute atomic E-state index is 0.0821. The van der Waals surface area contributed by atoms with Crippen molar-refractivity contribution in [1.29, 1.82) is 0 Å². The summed E-state index contributed by atoms with van der Waals surface area (Å²) in [6.45, 7) is 0.418. The highest BCUT2D eigenvalue weighted by Crippen LogP contribution is 2.50. The van der Waals surface area contributed by atoms with Gasteiger partial charge in [0.25, 0.3) is 0 Å². The van der Waals surface area contributed by atoms with Crippen molar-refractivity contribution >= 4 is 22.9 Å². The Labute approximate surface area is 196 Å². The van der Waals surface area contributed by atoms with Crippen LogP contribution in [0.5, 0.6) is 5.75 Å². The molecule has 5 nitrogen and oxygen atoms in total. The van der Waals surface area contributed by atoms with Crippen LogP contribution in [0.3, 0.4) is 0 Å². The first-order chi connectivity index (χ1) is 16.0. The number of hydrogen-bond acceptors (Lipinski definition) is 5. The highest BCUT2D eigenvalue weighted by Gasteiger charge is 2.50. The molecule has 3 aromatic carbocycles. The zero-order valence-corrected chi connectivity index (χ0v) is 19.2. The molecule has 33 heavy (non-hydrogen) atoms. The molecule has 1 fully saturated rings. The Balaban J connectivity index is 1.35. The number of Topliss-reactive ketones (excluding diaryl/α,β-unsaturated/α-hetero) is 2. The van der Waals surface area contributed by atoms with Crippen LogP contribution in [0.4, 0.5) is 0 Å². The second-order valence-electron chi connectivity index (χ2n) is 8.61. The van der Waals surface area contributed by atoms with E-state index < -0.39 is 16.8 Å². The van der Waals surface area contributed by atoms with E-state index in [1.165, 1.54) is 0 Å². The van der Waals surface area contributed by atoms with Crippen LogP contribution in [0, 0.1) is 0 Å². The first kappa shape index (κ1) is 21.9. The van der Waals surface area contributed by atoms with Crippen LogP contribution >= 0.6 is 0 Å². The van der Waals surface area contributed by atoms with E-state index >= 15 is 0 Å². The zero-order chi connectivity index (χ0) is 23.0. The number of carbonyl (C=O) groups excluding carboxylic acids is 2. The van der Waals surface area contributed by atoms with Crippen LogP contribution in [0.25, 0.3) is 11.1 Å². The van der Waals surface area contributed by atoms with Gasteiger partial charge in [0, 0.05) is 19.9 Å². The Hall–Kier alpha value is -2.93. The van der Waals surface area contributed by atoms with Crippen LogP contribution in [0.2, 0.25) is 0 Å². The summed E-state index contributed by atoms with van der Waals surface area (Å²) in [6, 6.07) is 21.2. The lowest BCUT2D eigenvalue weighted by Gasteiger charge is -2.20. The predicted molar refractivity (Wildman–Crippen MR) is 128 cm³/mol. The highest BCUT2D eigenvalue weighted by molar-refractivity contribution is 7.89. The maximum Gasteiger partial charge on any atom is 0.173 e. The summed E-state index contributed by atoms with van der Waals surface area (Å²) < 4.78 is 20.2. The Morgan fingerprint density at radius 2 is 1.85 bits per heavy atom. The molecule has 1 aliphatic heterocycles. The third kappa shape index (κ3) is 4.22. The molecule has 0 spiro atoms. The van der Waals surface area contributed by atoms with E-state index in [1.54, 1.807) is 7.05 Å². The van der Waals surface area contributed by atoms with Gasteiger partial charge in [-0.25, -0.2) is 0 Å². The molecule has 0 amide bonds. The van der Waals surface area contributed by atoms with Gasteiger partial charge in [0.1, 0.15) is 11.5 Å². The number of benzene rings is 3. The summed E-state index contributed by atoms with van der Waals surface area (Å²) in [4.78, 5) is 26.4. The average Bonchev–Trinajstić information content (AvgIpc) is 3.66. The Bertz CT molecular complexity index is 1220. The summed E-state index contributed by atoms with van der Waals surface area (Å²) in [5.74, 6) is 0.887. The monoisotopic (exact) mass is 459 g/mol. The normalized spacial score (nSPS) is 17.1. The quantitative estimate of drug-likeness (QED) is 0.530. The van der Waals surface area contributed by atoms with Gasteiger partial charge in [0.15, 0.2) is 10.7 Å². The fourth-order valence-electron chi connectivity index (χ4n) is 4.52. The lowest BCUT2D eigenvalue weighted by atomic mass is 9.86. The van der Waals surface area contributed by atoms with E-state index in [2.05, 4.69) is 4.72 Å². The van der Waals surface area contributed by atoms with Crippen molar-refractivity contribution in [3.63, 3.8) is 0 Å². The third-order valence-corrected chi connectivity index (χ3v) is 7.65. The molecule has 1 aliphatic carbocycles. The smallest absolute Gasteiger partial charge is 0.173 e. The van der Waals surface area contributed by atoms with Crippen LogP contribution in [0.15, 0.2) is 71.6 Å². The standard InChI is InChI=1S/C27H25NO4S/c1-28-33(31)22-8-5-19(6-9-22)20-4-2-3-18(15-20)16-26(30)27(12-13-27)21-7-10-25-23(17-21)24(29)11-14-32-25/h2-10,15,17,28H,11-14,16H2,1H3. The number of ketones is 2. The second-order valence-corrected chi connectivity index (χ2v) is 10.0. The first-order valence-corrected chi connectivity index (χ1v) is 12.3. The van der Waals surface area contributed by atoms with Crippen LogP contribution in [-0.2, 0) is 28.0 Å². The van der Waals surface area contributed by atoms with E-state index in [1.807, 2.05) is 66.7 Å². The van der Waals surface area contributed by atoms with E-state index in [0.29, 0.717) is 30.8 Å². The molecule has 3 aromatic rings. The van der Waals surface area contributed by atoms with Crippen molar-refractivity contribution in [2.75, 3.05) is 13.7 Å². The molecule has 1 saturated carbocycles. The fourth-order valence-corrected chi connectivity index (χ4v) is 5.14. The van der Waals surface area contributed by atoms with Crippen molar-refractivity contribution in [1.82, 2.24) is 4.72 Å². The van der Waals surface area contributed by atoms with E-state index in [4.69, 9.17) is 4.74 Å². The molecule has 0 radical (unpaired) electrons. The molecule has 1 N–H and O–H groups in total. The molecule has 168 valence electrons. The number of hydrogen-bond donors (Lipinski definition) is 1. The van der Waals surface area contributed by atoms with Gasteiger partial charge in [0.05, 0.1) is 28.9 Å². The molecule has 1 atom stereocenters. The van der Waals surface area contributed by atoms with Crippen molar-refractivity contribution < 1.29 is 18.9 Å². The molecule has 0 aromatic heterocycles. The van der Waals surface area contributed by atoms with Gasteiger partial charge in [-0.15, -0.1) is 4.72 Å².